The Labute approximate surface area is 177 Å². The summed E-state index contributed by atoms with van der Waals surface area (Å²) in [5.41, 5.74) is 1.42. The van der Waals surface area contributed by atoms with E-state index in [1.54, 1.807) is 55.5 Å². The van der Waals surface area contributed by atoms with E-state index in [-0.39, 0.29) is 33.5 Å². The van der Waals surface area contributed by atoms with E-state index in [4.69, 9.17) is 11.6 Å². The van der Waals surface area contributed by atoms with Gasteiger partial charge in [0.1, 0.15) is 10.7 Å². The van der Waals surface area contributed by atoms with Gasteiger partial charge in [-0.25, -0.2) is 4.99 Å². The van der Waals surface area contributed by atoms with Gasteiger partial charge < -0.3 is 10.6 Å². The standard InChI is InChI=1S/C22H17ClN4O3/c1-3-25-17(12-24-2)27-22(30)13-8-10-14(11-9-13)26-19-18(23)20(28)15-6-4-5-7-16(15)21(19)29/h3-12,26H,2H2,1H3,(H,27,30)/b17-12+,25-3-. The smallest absolute Gasteiger partial charge is 0.256 e. The van der Waals surface area contributed by atoms with Gasteiger partial charge in [0.05, 0.1) is 6.20 Å². The number of nitrogens with zero attached hydrogens (tertiary/aromatic N) is 2. The SMILES string of the molecule is C=N/C=C(\N=C/C)NC(=O)c1ccc(NC2=C(Cl)C(=O)c3ccccc3C2=O)cc1. The van der Waals surface area contributed by atoms with Gasteiger partial charge in [-0.1, -0.05) is 35.9 Å². The molecule has 0 atom stereocenters. The number of carbonyl (C=O) groups is 3. The highest BCUT2D eigenvalue weighted by molar-refractivity contribution is 6.50. The zero-order valence-corrected chi connectivity index (χ0v) is 16.7. The number of allylic oxidation sites excluding steroid dienone is 2. The van der Waals surface area contributed by atoms with Gasteiger partial charge in [-0.15, -0.1) is 0 Å². The Kier molecular flexibility index (Phi) is 6.34. The van der Waals surface area contributed by atoms with Gasteiger partial charge >= 0.3 is 0 Å². The first kappa shape index (κ1) is 20.9. The fraction of sp³-hybridized carbons (Fsp3) is 0.0455. The molecule has 0 aliphatic heterocycles. The molecule has 2 aromatic rings. The van der Waals surface area contributed by atoms with Crippen LogP contribution in [0.5, 0.6) is 0 Å². The van der Waals surface area contributed by atoms with Crippen molar-refractivity contribution in [2.45, 2.75) is 6.92 Å². The highest BCUT2D eigenvalue weighted by atomic mass is 35.5. The normalized spacial score (nSPS) is 14.0. The molecule has 0 aromatic heterocycles. The molecule has 2 N–H and O–H groups in total. The van der Waals surface area contributed by atoms with Gasteiger partial charge in [0.2, 0.25) is 11.6 Å². The molecule has 1 aliphatic carbocycles. The molecule has 0 unspecified atom stereocenters. The average Bonchev–Trinajstić information content (AvgIpc) is 2.76. The third-order valence-electron chi connectivity index (χ3n) is 4.20. The van der Waals surface area contributed by atoms with Crippen molar-refractivity contribution >= 4 is 47.7 Å². The molecule has 7 nitrogen and oxygen atoms in total. The maximum Gasteiger partial charge on any atom is 0.256 e. The molecule has 2 aromatic carbocycles. The third kappa shape index (κ3) is 4.26. The number of Topliss-reactive ketones (excluding diaryl/α,β-unsaturated/α-hetero) is 2. The summed E-state index contributed by atoms with van der Waals surface area (Å²) in [6, 6.07) is 12.8. The van der Waals surface area contributed by atoms with E-state index >= 15 is 0 Å². The van der Waals surface area contributed by atoms with Gasteiger partial charge in [0.25, 0.3) is 5.91 Å². The largest absolute Gasteiger partial charge is 0.351 e. The van der Waals surface area contributed by atoms with Gasteiger partial charge in [-0.05, 0) is 37.9 Å². The highest BCUT2D eigenvalue weighted by Gasteiger charge is 2.31. The predicted molar refractivity (Wildman–Crippen MR) is 117 cm³/mol. The number of benzene rings is 2. The number of halogens is 1. The van der Waals surface area contributed by atoms with Crippen LogP contribution in [0.25, 0.3) is 0 Å². The van der Waals surface area contributed by atoms with Crippen LogP contribution in [0.15, 0.2) is 81.3 Å². The number of carbonyl (C=O) groups excluding carboxylic acids is 3. The molecule has 0 saturated heterocycles. The van der Waals surface area contributed by atoms with Crippen LogP contribution in [-0.2, 0) is 0 Å². The molecular formula is C22H17ClN4O3. The average molecular weight is 421 g/mol. The first-order valence-corrected chi connectivity index (χ1v) is 9.25. The molecule has 0 fully saturated rings. The number of hydrogen-bond acceptors (Lipinski definition) is 6. The van der Waals surface area contributed by atoms with Crippen molar-refractivity contribution in [1.29, 1.82) is 0 Å². The van der Waals surface area contributed by atoms with Crippen LogP contribution >= 0.6 is 11.6 Å². The number of anilines is 1. The summed E-state index contributed by atoms with van der Waals surface area (Å²) < 4.78 is 0. The summed E-state index contributed by atoms with van der Waals surface area (Å²) in [5, 5.41) is 5.32. The van der Waals surface area contributed by atoms with Crippen LogP contribution in [0.1, 0.15) is 38.0 Å². The molecule has 150 valence electrons. The van der Waals surface area contributed by atoms with Crippen LogP contribution in [0.3, 0.4) is 0 Å². The van der Waals surface area contributed by atoms with Crippen molar-refractivity contribution in [1.82, 2.24) is 5.32 Å². The lowest BCUT2D eigenvalue weighted by molar-refractivity contribution is 0.0964. The van der Waals surface area contributed by atoms with E-state index in [0.717, 1.165) is 0 Å². The lowest BCUT2D eigenvalue weighted by Crippen LogP contribution is -2.24. The quantitative estimate of drug-likeness (QED) is 0.691. The summed E-state index contributed by atoms with van der Waals surface area (Å²) >= 11 is 6.15. The highest BCUT2D eigenvalue weighted by Crippen LogP contribution is 2.29. The number of aliphatic imine (C=N–C) groups is 2. The fourth-order valence-electron chi connectivity index (χ4n) is 2.82. The monoisotopic (exact) mass is 420 g/mol. The van der Waals surface area contributed by atoms with E-state index in [0.29, 0.717) is 11.3 Å². The van der Waals surface area contributed by atoms with Gasteiger partial charge in [-0.3, -0.25) is 19.4 Å². The van der Waals surface area contributed by atoms with Crippen molar-refractivity contribution in [3.63, 3.8) is 0 Å². The minimum Gasteiger partial charge on any atom is -0.351 e. The molecule has 8 heteroatoms. The number of amides is 1. The number of hydrogen-bond donors (Lipinski definition) is 2. The summed E-state index contributed by atoms with van der Waals surface area (Å²) in [6.45, 7) is 5.04. The zero-order chi connectivity index (χ0) is 21.7. The second kappa shape index (κ2) is 9.11. The minimum absolute atomic E-state index is 0.00266. The number of nitrogens with one attached hydrogen (secondary N) is 2. The lowest BCUT2D eigenvalue weighted by atomic mass is 9.92. The first-order chi connectivity index (χ1) is 14.5. The molecule has 1 amide bonds. The van der Waals surface area contributed by atoms with Crippen LogP contribution in [0.4, 0.5) is 5.69 Å². The van der Waals surface area contributed by atoms with Crippen LogP contribution in [0.2, 0.25) is 0 Å². The maximum absolute atomic E-state index is 12.7. The number of ketones is 2. The van der Waals surface area contributed by atoms with E-state index in [1.807, 2.05) is 0 Å². The topological polar surface area (TPSA) is 100.0 Å². The van der Waals surface area contributed by atoms with Crippen molar-refractivity contribution in [3.8, 4) is 0 Å². The van der Waals surface area contributed by atoms with Gasteiger partial charge in [0.15, 0.2) is 5.82 Å². The van der Waals surface area contributed by atoms with E-state index in [9.17, 15) is 14.4 Å². The van der Waals surface area contributed by atoms with Crippen molar-refractivity contribution in [2.75, 3.05) is 5.32 Å². The third-order valence-corrected chi connectivity index (χ3v) is 4.56. The minimum atomic E-state index is -0.419. The number of rotatable bonds is 6. The summed E-state index contributed by atoms with van der Waals surface area (Å²) in [7, 11) is 0. The summed E-state index contributed by atoms with van der Waals surface area (Å²) in [5.74, 6) is -0.933. The Morgan fingerprint density at radius 3 is 2.27 bits per heavy atom. The van der Waals surface area contributed by atoms with Crippen molar-refractivity contribution < 1.29 is 14.4 Å². The molecule has 0 radical (unpaired) electrons. The first-order valence-electron chi connectivity index (χ1n) is 8.87. The molecule has 1 aliphatic rings. The van der Waals surface area contributed by atoms with Gasteiger partial charge in [0, 0.05) is 28.6 Å². The lowest BCUT2D eigenvalue weighted by Gasteiger charge is -2.19. The van der Waals surface area contributed by atoms with E-state index < -0.39 is 11.7 Å². The Balaban J connectivity index is 1.79. The van der Waals surface area contributed by atoms with Gasteiger partial charge in [-0.2, -0.15) is 0 Å². The second-order valence-corrected chi connectivity index (χ2v) is 6.51. The van der Waals surface area contributed by atoms with Crippen molar-refractivity contribution in [2.24, 2.45) is 9.98 Å². The molecule has 3 rings (SSSR count). The fourth-order valence-corrected chi connectivity index (χ4v) is 3.05. The Bertz CT molecular complexity index is 1130. The van der Waals surface area contributed by atoms with Crippen LogP contribution in [0, 0.1) is 0 Å². The molecular weight excluding hydrogens is 404 g/mol. The Morgan fingerprint density at radius 2 is 1.67 bits per heavy atom. The van der Waals surface area contributed by atoms with Crippen LogP contribution < -0.4 is 10.6 Å². The number of fused-ring (bicyclic) bond motifs is 1. The second-order valence-electron chi connectivity index (χ2n) is 6.13. The Hall–Kier alpha value is -3.84. The molecule has 0 bridgehead atoms. The molecule has 0 saturated carbocycles. The summed E-state index contributed by atoms with van der Waals surface area (Å²) in [4.78, 5) is 45.1. The molecule has 30 heavy (non-hydrogen) atoms. The van der Waals surface area contributed by atoms with Crippen LogP contribution in [-0.4, -0.2) is 30.4 Å². The predicted octanol–water partition coefficient (Wildman–Crippen LogP) is 3.95. The zero-order valence-electron chi connectivity index (χ0n) is 16.0. The van der Waals surface area contributed by atoms with Crippen molar-refractivity contribution in [3.05, 3.63) is 88.0 Å². The maximum atomic E-state index is 12.7. The van der Waals surface area contributed by atoms with E-state index in [1.165, 1.54) is 12.4 Å². The Morgan fingerprint density at radius 1 is 1.03 bits per heavy atom. The molecule has 0 heterocycles. The van der Waals surface area contributed by atoms with E-state index in [2.05, 4.69) is 27.3 Å². The molecule has 0 spiro atoms. The summed E-state index contributed by atoms with van der Waals surface area (Å²) in [6.07, 6.45) is 2.84.